The van der Waals surface area contributed by atoms with Crippen LogP contribution in [0.2, 0.25) is 0 Å². The zero-order valence-corrected chi connectivity index (χ0v) is 12.0. The smallest absolute Gasteiger partial charge is 0.336 e. The minimum Gasteiger partial charge on any atom is -0.478 e. The van der Waals surface area contributed by atoms with Crippen LogP contribution < -0.4 is 4.74 Å². The molecule has 4 nitrogen and oxygen atoms in total. The highest BCUT2D eigenvalue weighted by Gasteiger charge is 2.12. The van der Waals surface area contributed by atoms with Crippen molar-refractivity contribution in [3.8, 4) is 5.88 Å². The second-order valence-electron chi connectivity index (χ2n) is 4.51. The molecule has 0 aliphatic heterocycles. The molecule has 0 unspecified atom stereocenters. The summed E-state index contributed by atoms with van der Waals surface area (Å²) in [5.41, 5.74) is 0.843. The molecule has 0 bridgehead atoms. The van der Waals surface area contributed by atoms with E-state index in [1.165, 1.54) is 10.9 Å². The second kappa shape index (κ2) is 5.93. The van der Waals surface area contributed by atoms with Crippen LogP contribution in [0.25, 0.3) is 10.9 Å². The molecule has 2 aromatic heterocycles. The first-order valence-electron chi connectivity index (χ1n) is 6.52. The van der Waals surface area contributed by atoms with Gasteiger partial charge in [0.25, 0.3) is 0 Å². The van der Waals surface area contributed by atoms with Crippen LogP contribution >= 0.6 is 11.3 Å². The number of para-hydroxylation sites is 1. The van der Waals surface area contributed by atoms with Gasteiger partial charge in [-0.25, -0.2) is 9.78 Å². The third-order valence-corrected chi connectivity index (χ3v) is 4.04. The van der Waals surface area contributed by atoms with Gasteiger partial charge in [0.15, 0.2) is 0 Å². The third-order valence-electron chi connectivity index (χ3n) is 3.10. The maximum absolute atomic E-state index is 11.3. The van der Waals surface area contributed by atoms with Crippen molar-refractivity contribution in [2.24, 2.45) is 0 Å². The zero-order chi connectivity index (χ0) is 14.7. The predicted octanol–water partition coefficient (Wildman–Crippen LogP) is 3.62. The number of benzene rings is 1. The van der Waals surface area contributed by atoms with E-state index in [-0.39, 0.29) is 5.56 Å². The fraction of sp³-hybridized carbons (Fsp3) is 0.125. The Morgan fingerprint density at radius 3 is 2.86 bits per heavy atom. The molecule has 5 heteroatoms. The van der Waals surface area contributed by atoms with E-state index in [0.29, 0.717) is 23.4 Å². The lowest BCUT2D eigenvalue weighted by Gasteiger charge is -2.08. The van der Waals surface area contributed by atoms with E-state index in [4.69, 9.17) is 4.74 Å². The molecule has 0 aliphatic carbocycles. The largest absolute Gasteiger partial charge is 0.478 e. The Bertz CT molecular complexity index is 768. The molecule has 3 aromatic rings. The van der Waals surface area contributed by atoms with E-state index in [1.54, 1.807) is 29.5 Å². The standard InChI is InChI=1S/C16H13NO3S/c18-16(19)13-10-15(17-14-6-2-1-5-12(13)14)20-8-7-11-4-3-9-21-11/h1-6,9-10H,7-8H2,(H,18,19). The van der Waals surface area contributed by atoms with Crippen LogP contribution in [0.1, 0.15) is 15.2 Å². The Hall–Kier alpha value is -2.40. The van der Waals surface area contributed by atoms with Crippen molar-refractivity contribution in [2.45, 2.75) is 6.42 Å². The molecule has 21 heavy (non-hydrogen) atoms. The monoisotopic (exact) mass is 299 g/mol. The van der Waals surface area contributed by atoms with E-state index in [2.05, 4.69) is 4.98 Å². The molecule has 0 atom stereocenters. The van der Waals surface area contributed by atoms with Crippen molar-refractivity contribution in [3.05, 3.63) is 58.3 Å². The molecule has 0 radical (unpaired) electrons. The molecule has 106 valence electrons. The summed E-state index contributed by atoms with van der Waals surface area (Å²) in [7, 11) is 0. The maximum atomic E-state index is 11.3. The van der Waals surface area contributed by atoms with Crippen LogP contribution in [0.5, 0.6) is 5.88 Å². The third kappa shape index (κ3) is 3.03. The highest BCUT2D eigenvalue weighted by molar-refractivity contribution is 7.09. The summed E-state index contributed by atoms with van der Waals surface area (Å²) in [5, 5.41) is 11.9. The number of ether oxygens (including phenoxy) is 1. The van der Waals surface area contributed by atoms with Crippen LogP contribution in [-0.2, 0) is 6.42 Å². The minimum atomic E-state index is -0.975. The Kier molecular flexibility index (Phi) is 3.83. The first kappa shape index (κ1) is 13.6. The van der Waals surface area contributed by atoms with E-state index in [0.717, 1.165) is 6.42 Å². The van der Waals surface area contributed by atoms with Gasteiger partial charge in [-0.05, 0) is 17.5 Å². The highest BCUT2D eigenvalue weighted by Crippen LogP contribution is 2.22. The number of aromatic nitrogens is 1. The zero-order valence-electron chi connectivity index (χ0n) is 11.2. The molecule has 1 aromatic carbocycles. The first-order chi connectivity index (χ1) is 10.2. The summed E-state index contributed by atoms with van der Waals surface area (Å²) in [5.74, 6) is -0.626. The van der Waals surface area contributed by atoms with E-state index >= 15 is 0 Å². The number of hydrogen-bond acceptors (Lipinski definition) is 4. The topological polar surface area (TPSA) is 59.4 Å². The van der Waals surface area contributed by atoms with E-state index in [1.807, 2.05) is 23.6 Å². The second-order valence-corrected chi connectivity index (χ2v) is 5.54. The lowest BCUT2D eigenvalue weighted by molar-refractivity contribution is 0.0698. The number of nitrogens with zero attached hydrogens (tertiary/aromatic N) is 1. The van der Waals surface area contributed by atoms with Crippen molar-refractivity contribution in [1.29, 1.82) is 0 Å². The molecule has 0 spiro atoms. The summed E-state index contributed by atoms with van der Waals surface area (Å²) in [6.07, 6.45) is 0.786. The average Bonchev–Trinajstić information content (AvgIpc) is 2.99. The Morgan fingerprint density at radius 1 is 1.24 bits per heavy atom. The first-order valence-corrected chi connectivity index (χ1v) is 7.40. The summed E-state index contributed by atoms with van der Waals surface area (Å²) in [4.78, 5) is 16.9. The summed E-state index contributed by atoms with van der Waals surface area (Å²) in [6, 6.07) is 12.7. The van der Waals surface area contributed by atoms with Crippen molar-refractivity contribution in [2.75, 3.05) is 6.61 Å². The summed E-state index contributed by atoms with van der Waals surface area (Å²) >= 11 is 1.67. The molecule has 0 saturated carbocycles. The number of carboxylic acid groups (broad SMARTS) is 1. The minimum absolute atomic E-state index is 0.215. The fourth-order valence-electron chi connectivity index (χ4n) is 2.11. The van der Waals surface area contributed by atoms with Crippen molar-refractivity contribution >= 4 is 28.2 Å². The van der Waals surface area contributed by atoms with Gasteiger partial charge in [-0.1, -0.05) is 24.3 Å². The predicted molar refractivity (Wildman–Crippen MR) is 82.2 cm³/mol. The Morgan fingerprint density at radius 2 is 2.10 bits per heavy atom. The van der Waals surface area contributed by atoms with Crippen LogP contribution in [0.15, 0.2) is 47.8 Å². The number of rotatable bonds is 5. The van der Waals surface area contributed by atoms with Gasteiger partial charge < -0.3 is 9.84 Å². The van der Waals surface area contributed by atoms with E-state index < -0.39 is 5.97 Å². The van der Waals surface area contributed by atoms with Gasteiger partial charge in [0.2, 0.25) is 5.88 Å². The lowest BCUT2D eigenvalue weighted by atomic mass is 10.1. The SMILES string of the molecule is O=C(O)c1cc(OCCc2cccs2)nc2ccccc12. The fourth-order valence-corrected chi connectivity index (χ4v) is 2.80. The van der Waals surface area contributed by atoms with Gasteiger partial charge in [0, 0.05) is 22.8 Å². The van der Waals surface area contributed by atoms with Crippen molar-refractivity contribution < 1.29 is 14.6 Å². The van der Waals surface area contributed by atoms with Gasteiger partial charge >= 0.3 is 5.97 Å². The van der Waals surface area contributed by atoms with Crippen LogP contribution in [0, 0.1) is 0 Å². The molecular formula is C16H13NO3S. The van der Waals surface area contributed by atoms with Crippen LogP contribution in [0.4, 0.5) is 0 Å². The van der Waals surface area contributed by atoms with Crippen LogP contribution in [0.3, 0.4) is 0 Å². The van der Waals surface area contributed by atoms with Crippen molar-refractivity contribution in [1.82, 2.24) is 4.98 Å². The van der Waals surface area contributed by atoms with Crippen molar-refractivity contribution in [3.63, 3.8) is 0 Å². The normalized spacial score (nSPS) is 10.7. The van der Waals surface area contributed by atoms with Gasteiger partial charge in [-0.2, -0.15) is 0 Å². The molecule has 0 fully saturated rings. The van der Waals surface area contributed by atoms with Crippen LogP contribution in [-0.4, -0.2) is 22.7 Å². The number of carboxylic acids is 1. The van der Waals surface area contributed by atoms with E-state index in [9.17, 15) is 9.90 Å². The molecule has 1 N–H and O–H groups in total. The highest BCUT2D eigenvalue weighted by atomic mass is 32.1. The number of thiophene rings is 1. The van der Waals surface area contributed by atoms with Gasteiger partial charge in [0.1, 0.15) is 0 Å². The number of hydrogen-bond donors (Lipinski definition) is 1. The molecule has 3 rings (SSSR count). The number of fused-ring (bicyclic) bond motifs is 1. The van der Waals surface area contributed by atoms with Gasteiger partial charge in [-0.15, -0.1) is 11.3 Å². The molecule has 0 saturated heterocycles. The Balaban J connectivity index is 1.83. The summed E-state index contributed by atoms with van der Waals surface area (Å²) in [6.45, 7) is 0.477. The number of carbonyl (C=O) groups is 1. The molecule has 0 aliphatic rings. The van der Waals surface area contributed by atoms with Gasteiger partial charge in [-0.3, -0.25) is 0 Å². The molecule has 2 heterocycles. The maximum Gasteiger partial charge on any atom is 0.336 e. The molecule has 0 amide bonds. The average molecular weight is 299 g/mol. The lowest BCUT2D eigenvalue weighted by Crippen LogP contribution is -2.05. The Labute approximate surface area is 125 Å². The molecular weight excluding hydrogens is 286 g/mol. The quantitative estimate of drug-likeness (QED) is 0.781. The van der Waals surface area contributed by atoms with Gasteiger partial charge in [0.05, 0.1) is 17.7 Å². The number of pyridine rings is 1. The summed E-state index contributed by atoms with van der Waals surface area (Å²) < 4.78 is 5.61. The number of aromatic carboxylic acids is 1.